The van der Waals surface area contributed by atoms with E-state index in [1.165, 1.54) is 22.5 Å². The number of hydrogen-bond donors (Lipinski definition) is 2. The van der Waals surface area contributed by atoms with Crippen LogP contribution < -0.4 is 11.1 Å². The molecule has 0 saturated carbocycles. The smallest absolute Gasteiger partial charge is 0.314 e. The molecule has 0 bridgehead atoms. The number of rotatable bonds is 5. The molecule has 1 aromatic heterocycles. The van der Waals surface area contributed by atoms with Gasteiger partial charge in [0, 0.05) is 6.54 Å². The minimum Gasteiger partial charge on any atom is -0.316 e. The second-order valence-electron chi connectivity index (χ2n) is 6.73. The highest BCUT2D eigenvalue weighted by Crippen LogP contribution is 2.38. The van der Waals surface area contributed by atoms with Gasteiger partial charge in [-0.1, -0.05) is 30.3 Å². The van der Waals surface area contributed by atoms with Gasteiger partial charge in [0.05, 0.1) is 22.0 Å². The quantitative estimate of drug-likeness (QED) is 0.508. The molecule has 8 heteroatoms. The Morgan fingerprint density at radius 1 is 1.07 bits per heavy atom. The highest BCUT2D eigenvalue weighted by atomic mass is 32.2. The number of aromatic nitrogens is 2. The maximum absolute atomic E-state index is 13.4. The Labute approximate surface area is 161 Å². The number of aryl methyl sites for hydroxylation is 1. The lowest BCUT2D eigenvalue weighted by atomic mass is 10.1. The highest BCUT2D eigenvalue weighted by Gasteiger charge is 2.35. The minimum absolute atomic E-state index is 0.0499. The van der Waals surface area contributed by atoms with Crippen molar-refractivity contribution >= 4 is 21.1 Å². The molecule has 0 spiro atoms. The number of nitrogens with zero attached hydrogens (tertiary/aromatic N) is 1. The fraction of sp³-hybridized carbons (Fsp3) is 0.200. The number of hydrogen-bond acceptors (Lipinski definition) is 4. The summed E-state index contributed by atoms with van der Waals surface area (Å²) in [5.74, 6) is 0. The predicted molar refractivity (Wildman–Crippen MR) is 107 cm³/mol. The van der Waals surface area contributed by atoms with Crippen LogP contribution in [-0.4, -0.2) is 29.2 Å². The van der Waals surface area contributed by atoms with Crippen LogP contribution in [0.3, 0.4) is 0 Å². The van der Waals surface area contributed by atoms with Crippen LogP contribution in [0.25, 0.3) is 11.0 Å². The second kappa shape index (κ2) is 6.88. The lowest BCUT2D eigenvalue weighted by Gasteiger charge is -2.28. The molecule has 2 aromatic carbocycles. The molecule has 144 valence electrons. The molecule has 0 fully saturated rings. The van der Waals surface area contributed by atoms with Gasteiger partial charge in [-0.05, 0) is 42.2 Å². The van der Waals surface area contributed by atoms with Crippen molar-refractivity contribution in [2.45, 2.75) is 23.8 Å². The molecule has 4 rings (SSSR count). The molecule has 7 nitrogen and oxygen atoms in total. The van der Waals surface area contributed by atoms with Gasteiger partial charge in [-0.3, -0.25) is 9.59 Å². The molecule has 0 aliphatic heterocycles. The zero-order chi connectivity index (χ0) is 19.9. The molecule has 1 heterocycles. The van der Waals surface area contributed by atoms with Gasteiger partial charge in [-0.25, -0.2) is 8.42 Å². The summed E-state index contributed by atoms with van der Waals surface area (Å²) < 4.78 is 28.3. The third-order valence-electron chi connectivity index (χ3n) is 5.06. The van der Waals surface area contributed by atoms with E-state index in [0.29, 0.717) is 11.9 Å². The van der Waals surface area contributed by atoms with Crippen molar-refractivity contribution in [1.82, 2.24) is 14.3 Å². The summed E-state index contributed by atoms with van der Waals surface area (Å²) in [4.78, 5) is 28.0. The predicted octanol–water partition coefficient (Wildman–Crippen LogP) is 2.08. The first-order valence-electron chi connectivity index (χ1n) is 8.89. The number of sulfonamides is 1. The third kappa shape index (κ3) is 3.00. The molecule has 3 aromatic rings. The normalized spacial score (nSPS) is 16.4. The van der Waals surface area contributed by atoms with Crippen molar-refractivity contribution in [3.8, 4) is 0 Å². The fourth-order valence-electron chi connectivity index (χ4n) is 3.74. The van der Waals surface area contributed by atoms with Crippen LogP contribution >= 0.6 is 0 Å². The van der Waals surface area contributed by atoms with E-state index in [4.69, 9.17) is 0 Å². The van der Waals surface area contributed by atoms with Crippen LogP contribution in [0.1, 0.15) is 23.6 Å². The Kier molecular flexibility index (Phi) is 4.52. The first kappa shape index (κ1) is 18.4. The van der Waals surface area contributed by atoms with Crippen molar-refractivity contribution in [3.63, 3.8) is 0 Å². The van der Waals surface area contributed by atoms with E-state index in [0.717, 1.165) is 17.5 Å². The summed E-state index contributed by atoms with van der Waals surface area (Å²) in [5.41, 5.74) is 1.18. The van der Waals surface area contributed by atoms with Gasteiger partial charge in [-0.15, -0.1) is 6.58 Å². The summed E-state index contributed by atoms with van der Waals surface area (Å²) in [5, 5.41) is 0. The maximum Gasteiger partial charge on any atom is 0.314 e. The number of nitrogens with one attached hydrogen (secondary N) is 2. The van der Waals surface area contributed by atoms with E-state index < -0.39 is 21.1 Å². The number of aromatic amines is 2. The van der Waals surface area contributed by atoms with Gasteiger partial charge < -0.3 is 9.97 Å². The van der Waals surface area contributed by atoms with E-state index in [1.807, 2.05) is 24.3 Å². The molecule has 1 aliphatic rings. The van der Waals surface area contributed by atoms with Crippen LogP contribution in [-0.2, 0) is 16.4 Å². The molecule has 1 atom stereocenters. The molecular weight excluding hydrogens is 378 g/mol. The molecule has 2 N–H and O–H groups in total. The SMILES string of the molecule is C=CCN(C1CCc2ccccc21)S(=O)(=O)c1ccc2[nH]c(=O)c(=O)[nH]c2c1. The van der Waals surface area contributed by atoms with Crippen molar-refractivity contribution in [2.75, 3.05) is 6.54 Å². The van der Waals surface area contributed by atoms with Crippen molar-refractivity contribution in [3.05, 3.63) is 87.0 Å². The Balaban J connectivity index is 1.82. The number of fused-ring (bicyclic) bond motifs is 2. The lowest BCUT2D eigenvalue weighted by Crippen LogP contribution is -2.34. The van der Waals surface area contributed by atoms with E-state index in [9.17, 15) is 18.0 Å². The fourth-order valence-corrected chi connectivity index (χ4v) is 5.38. The van der Waals surface area contributed by atoms with Crippen LogP contribution in [0.4, 0.5) is 0 Å². The van der Waals surface area contributed by atoms with Crippen LogP contribution in [0, 0.1) is 0 Å². The van der Waals surface area contributed by atoms with Crippen LogP contribution in [0.2, 0.25) is 0 Å². The Bertz CT molecular complexity index is 1290. The topological polar surface area (TPSA) is 103 Å². The van der Waals surface area contributed by atoms with E-state index >= 15 is 0 Å². The van der Waals surface area contributed by atoms with Crippen molar-refractivity contribution in [1.29, 1.82) is 0 Å². The molecule has 28 heavy (non-hydrogen) atoms. The van der Waals surface area contributed by atoms with E-state index in [1.54, 1.807) is 6.08 Å². The van der Waals surface area contributed by atoms with Gasteiger partial charge in [0.25, 0.3) is 0 Å². The first-order chi connectivity index (χ1) is 13.4. The molecular formula is C20H19N3O4S. The molecule has 0 radical (unpaired) electrons. The lowest BCUT2D eigenvalue weighted by molar-refractivity contribution is 0.348. The standard InChI is InChI=1S/C20H19N3O4S/c1-2-11-23(18-10-7-13-5-3-4-6-15(13)18)28(26,27)14-8-9-16-17(12-14)22-20(25)19(24)21-16/h2-6,8-9,12,18H,1,7,10-11H2,(H,21,24)(H,22,25). The van der Waals surface area contributed by atoms with Crippen molar-refractivity contribution in [2.24, 2.45) is 0 Å². The second-order valence-corrected chi connectivity index (χ2v) is 8.62. The molecule has 0 saturated heterocycles. The van der Waals surface area contributed by atoms with Gasteiger partial charge in [0.2, 0.25) is 10.0 Å². The average molecular weight is 397 g/mol. The van der Waals surface area contributed by atoms with E-state index in [2.05, 4.69) is 16.5 Å². The summed E-state index contributed by atoms with van der Waals surface area (Å²) in [6.45, 7) is 3.88. The van der Waals surface area contributed by atoms with Crippen LogP contribution in [0.15, 0.2) is 69.6 Å². The number of H-pyrrole nitrogens is 2. The minimum atomic E-state index is -3.86. The average Bonchev–Trinajstić information content (AvgIpc) is 3.10. The van der Waals surface area contributed by atoms with E-state index in [-0.39, 0.29) is 23.0 Å². The summed E-state index contributed by atoms with van der Waals surface area (Å²) in [6.07, 6.45) is 3.08. The number of benzene rings is 2. The Morgan fingerprint density at radius 2 is 1.79 bits per heavy atom. The first-order valence-corrected chi connectivity index (χ1v) is 10.3. The van der Waals surface area contributed by atoms with Gasteiger partial charge in [0.1, 0.15) is 0 Å². The Hall–Kier alpha value is -2.97. The van der Waals surface area contributed by atoms with Crippen LogP contribution in [0.5, 0.6) is 0 Å². The van der Waals surface area contributed by atoms with Gasteiger partial charge in [0.15, 0.2) is 0 Å². The monoisotopic (exact) mass is 397 g/mol. The Morgan fingerprint density at radius 3 is 2.54 bits per heavy atom. The summed E-state index contributed by atoms with van der Waals surface area (Å²) in [7, 11) is -3.86. The van der Waals surface area contributed by atoms with Crippen molar-refractivity contribution < 1.29 is 8.42 Å². The molecule has 1 aliphatic carbocycles. The maximum atomic E-state index is 13.4. The van der Waals surface area contributed by atoms with Gasteiger partial charge in [-0.2, -0.15) is 4.31 Å². The molecule has 1 unspecified atom stereocenters. The summed E-state index contributed by atoms with van der Waals surface area (Å²) >= 11 is 0. The summed E-state index contributed by atoms with van der Waals surface area (Å²) in [6, 6.07) is 11.9. The zero-order valence-corrected chi connectivity index (χ0v) is 15.8. The highest BCUT2D eigenvalue weighted by molar-refractivity contribution is 7.89. The molecule has 0 amide bonds. The third-order valence-corrected chi connectivity index (χ3v) is 6.93. The van der Waals surface area contributed by atoms with Gasteiger partial charge >= 0.3 is 11.1 Å². The largest absolute Gasteiger partial charge is 0.316 e. The zero-order valence-electron chi connectivity index (χ0n) is 15.0.